The van der Waals surface area contributed by atoms with Gasteiger partial charge in [-0.2, -0.15) is 5.26 Å². The lowest BCUT2D eigenvalue weighted by Crippen LogP contribution is -2.20. The molecule has 3 rings (SSSR count). The molecule has 172 valence electrons. The van der Waals surface area contributed by atoms with Gasteiger partial charge in [0.2, 0.25) is 0 Å². The number of nitrogens with zero attached hydrogens (tertiary/aromatic N) is 1. The second-order valence-electron chi connectivity index (χ2n) is 7.82. The van der Waals surface area contributed by atoms with E-state index in [0.717, 1.165) is 16.7 Å². The Bertz CT molecular complexity index is 1310. The maximum Gasteiger partial charge on any atom is 0.266 e. The minimum absolute atomic E-state index is 0.0704. The highest BCUT2D eigenvalue weighted by Gasteiger charge is 2.12. The fraction of sp³-hybridized carbons (Fsp3) is 0.148. The van der Waals surface area contributed by atoms with Crippen LogP contribution in [0.2, 0.25) is 5.02 Å². The molecule has 2 N–H and O–H groups in total. The summed E-state index contributed by atoms with van der Waals surface area (Å²) in [6.07, 6.45) is 1.44. The van der Waals surface area contributed by atoms with Crippen molar-refractivity contribution >= 4 is 40.9 Å². The van der Waals surface area contributed by atoms with E-state index in [1.54, 1.807) is 24.3 Å². The van der Waals surface area contributed by atoms with Gasteiger partial charge in [0.05, 0.1) is 5.02 Å². The smallest absolute Gasteiger partial charge is 0.266 e. The molecule has 0 aliphatic rings. The average molecular weight is 474 g/mol. The number of rotatable bonds is 7. The summed E-state index contributed by atoms with van der Waals surface area (Å²) in [7, 11) is 0. The van der Waals surface area contributed by atoms with Crippen molar-refractivity contribution in [3.8, 4) is 11.8 Å². The molecule has 0 heterocycles. The van der Waals surface area contributed by atoms with Crippen LogP contribution in [-0.4, -0.2) is 18.4 Å². The fourth-order valence-electron chi connectivity index (χ4n) is 3.12. The van der Waals surface area contributed by atoms with E-state index in [2.05, 4.69) is 10.6 Å². The molecule has 0 aliphatic heterocycles. The molecule has 6 nitrogen and oxygen atoms in total. The molecule has 0 aliphatic carbocycles. The molecule has 0 bridgehead atoms. The third-order valence-electron chi connectivity index (χ3n) is 5.06. The van der Waals surface area contributed by atoms with Gasteiger partial charge in [-0.05, 0) is 85.5 Å². The van der Waals surface area contributed by atoms with Crippen LogP contribution in [0.4, 0.5) is 11.4 Å². The summed E-state index contributed by atoms with van der Waals surface area (Å²) in [6.45, 7) is 5.67. The second-order valence-corrected chi connectivity index (χ2v) is 8.23. The van der Waals surface area contributed by atoms with Crippen LogP contribution in [0.1, 0.15) is 22.3 Å². The summed E-state index contributed by atoms with van der Waals surface area (Å²) in [6, 6.07) is 19.7. The molecule has 0 spiro atoms. The Balaban J connectivity index is 1.63. The number of nitriles is 1. The van der Waals surface area contributed by atoms with Crippen molar-refractivity contribution in [1.82, 2.24) is 0 Å². The molecule has 0 saturated carbocycles. The zero-order valence-electron chi connectivity index (χ0n) is 19.1. The molecule has 0 unspecified atom stereocenters. The number of hydrogen-bond acceptors (Lipinski definition) is 4. The highest BCUT2D eigenvalue weighted by atomic mass is 35.5. The molecule has 34 heavy (non-hydrogen) atoms. The van der Waals surface area contributed by atoms with Crippen LogP contribution in [-0.2, 0) is 9.59 Å². The predicted octanol–water partition coefficient (Wildman–Crippen LogP) is 5.83. The number of benzene rings is 3. The second kappa shape index (κ2) is 11.2. The Kier molecular flexibility index (Phi) is 8.07. The third kappa shape index (κ3) is 6.71. The molecule has 3 aromatic rings. The molecule has 7 heteroatoms. The van der Waals surface area contributed by atoms with E-state index in [0.29, 0.717) is 22.7 Å². The summed E-state index contributed by atoms with van der Waals surface area (Å²) in [5, 5.41) is 15.2. The van der Waals surface area contributed by atoms with Crippen molar-refractivity contribution in [3.63, 3.8) is 0 Å². The van der Waals surface area contributed by atoms with Crippen molar-refractivity contribution in [2.45, 2.75) is 20.8 Å². The van der Waals surface area contributed by atoms with Gasteiger partial charge in [-0.15, -0.1) is 0 Å². The van der Waals surface area contributed by atoms with E-state index in [4.69, 9.17) is 16.3 Å². The maximum absolute atomic E-state index is 12.5. The van der Waals surface area contributed by atoms with Crippen LogP contribution in [0.15, 0.2) is 66.2 Å². The van der Waals surface area contributed by atoms with Crippen molar-refractivity contribution in [2.24, 2.45) is 0 Å². The van der Waals surface area contributed by atoms with E-state index in [-0.39, 0.29) is 23.1 Å². The molecular weight excluding hydrogens is 450 g/mol. The van der Waals surface area contributed by atoms with E-state index in [9.17, 15) is 14.9 Å². The zero-order chi connectivity index (χ0) is 24.7. The fourth-order valence-corrected chi connectivity index (χ4v) is 3.36. The van der Waals surface area contributed by atoms with Crippen LogP contribution in [0.5, 0.6) is 5.75 Å². The van der Waals surface area contributed by atoms with Crippen molar-refractivity contribution in [1.29, 1.82) is 5.26 Å². The Morgan fingerprint density at radius 1 is 0.971 bits per heavy atom. The number of nitrogens with one attached hydrogen (secondary N) is 2. The molecule has 0 radical (unpaired) electrons. The highest BCUT2D eigenvalue weighted by Crippen LogP contribution is 2.27. The number of hydrogen-bond donors (Lipinski definition) is 2. The summed E-state index contributed by atoms with van der Waals surface area (Å²) in [4.78, 5) is 24.7. The number of amides is 2. The number of carbonyl (C=O) groups excluding carboxylic acids is 2. The number of ether oxygens (including phenoxy) is 1. The maximum atomic E-state index is 12.5. The first-order valence-electron chi connectivity index (χ1n) is 10.5. The minimum Gasteiger partial charge on any atom is -0.482 e. The number of aryl methyl sites for hydroxylation is 3. The molecular formula is C27H24ClN3O3. The van der Waals surface area contributed by atoms with Gasteiger partial charge in [0.15, 0.2) is 6.61 Å². The Labute approximate surface area is 203 Å². The van der Waals surface area contributed by atoms with E-state index in [1.807, 2.05) is 63.2 Å². The van der Waals surface area contributed by atoms with Crippen molar-refractivity contribution < 1.29 is 14.3 Å². The molecule has 0 atom stereocenters. The van der Waals surface area contributed by atoms with Gasteiger partial charge in [-0.3, -0.25) is 9.59 Å². The first-order chi connectivity index (χ1) is 16.2. The molecule has 0 fully saturated rings. The van der Waals surface area contributed by atoms with Crippen LogP contribution in [0.3, 0.4) is 0 Å². The van der Waals surface area contributed by atoms with E-state index in [1.165, 1.54) is 6.08 Å². The molecule has 0 saturated heterocycles. The van der Waals surface area contributed by atoms with Gasteiger partial charge < -0.3 is 15.4 Å². The number of carbonyl (C=O) groups is 2. The Morgan fingerprint density at radius 2 is 1.74 bits per heavy atom. The van der Waals surface area contributed by atoms with Gasteiger partial charge in [-0.1, -0.05) is 35.9 Å². The third-order valence-corrected chi connectivity index (χ3v) is 5.35. The lowest BCUT2D eigenvalue weighted by atomic mass is 10.1. The number of anilines is 2. The van der Waals surface area contributed by atoms with Crippen molar-refractivity contribution in [2.75, 3.05) is 17.2 Å². The van der Waals surface area contributed by atoms with Gasteiger partial charge in [0.25, 0.3) is 11.8 Å². The largest absolute Gasteiger partial charge is 0.482 e. The van der Waals surface area contributed by atoms with Crippen LogP contribution in [0.25, 0.3) is 6.08 Å². The summed E-state index contributed by atoms with van der Waals surface area (Å²) in [5.74, 6) is -0.521. The van der Waals surface area contributed by atoms with Gasteiger partial charge >= 0.3 is 0 Å². The lowest BCUT2D eigenvalue weighted by Gasteiger charge is -2.10. The van der Waals surface area contributed by atoms with Crippen LogP contribution in [0, 0.1) is 32.1 Å². The van der Waals surface area contributed by atoms with Gasteiger partial charge in [-0.25, -0.2) is 0 Å². The van der Waals surface area contributed by atoms with Crippen LogP contribution < -0.4 is 15.4 Å². The quantitative estimate of drug-likeness (QED) is 0.333. The van der Waals surface area contributed by atoms with Crippen LogP contribution >= 0.6 is 11.6 Å². The molecule has 2 amide bonds. The van der Waals surface area contributed by atoms with Crippen molar-refractivity contribution in [3.05, 3.63) is 93.5 Å². The molecule has 0 aromatic heterocycles. The summed E-state index contributed by atoms with van der Waals surface area (Å²) < 4.78 is 5.54. The monoisotopic (exact) mass is 473 g/mol. The van der Waals surface area contributed by atoms with Gasteiger partial charge in [0, 0.05) is 11.4 Å². The standard InChI is InChI=1S/C27H24ClN3O3/c1-17-5-4-6-22(11-17)31-27(33)21(15-29)13-20-8-10-25(24(28)14-20)34-16-26(32)30-23-9-7-18(2)19(3)12-23/h4-14H,16H2,1-3H3,(H,30,32)(H,31,33)/b21-13+. The highest BCUT2D eigenvalue weighted by molar-refractivity contribution is 6.32. The molecule has 3 aromatic carbocycles. The topological polar surface area (TPSA) is 91.2 Å². The first-order valence-corrected chi connectivity index (χ1v) is 10.9. The predicted molar refractivity (Wildman–Crippen MR) is 135 cm³/mol. The SMILES string of the molecule is Cc1cccc(NC(=O)/C(C#N)=C/c2ccc(OCC(=O)Nc3ccc(C)c(C)c3)c(Cl)c2)c1. The zero-order valence-corrected chi connectivity index (χ0v) is 19.9. The number of halogens is 1. The Morgan fingerprint density at radius 3 is 2.41 bits per heavy atom. The van der Waals surface area contributed by atoms with E-state index >= 15 is 0 Å². The first kappa shape index (κ1) is 24.6. The summed E-state index contributed by atoms with van der Waals surface area (Å²) >= 11 is 6.30. The van der Waals surface area contributed by atoms with Gasteiger partial charge in [0.1, 0.15) is 17.4 Å². The normalized spacial score (nSPS) is 10.9. The van der Waals surface area contributed by atoms with E-state index < -0.39 is 5.91 Å². The average Bonchev–Trinajstić information content (AvgIpc) is 2.79. The lowest BCUT2D eigenvalue weighted by molar-refractivity contribution is -0.118. The minimum atomic E-state index is -0.521. The summed E-state index contributed by atoms with van der Waals surface area (Å²) in [5.41, 5.74) is 4.98. The Hall–Kier alpha value is -4.08.